The summed E-state index contributed by atoms with van der Waals surface area (Å²) in [6.07, 6.45) is 1.62. The van der Waals surface area contributed by atoms with Crippen molar-refractivity contribution in [1.29, 1.82) is 0 Å². The summed E-state index contributed by atoms with van der Waals surface area (Å²) in [7, 11) is 1.61. The predicted octanol–water partition coefficient (Wildman–Crippen LogP) is 3.34. The molecule has 0 aliphatic heterocycles. The van der Waals surface area contributed by atoms with Gasteiger partial charge in [-0.05, 0) is 31.5 Å². The van der Waals surface area contributed by atoms with Crippen molar-refractivity contribution in [2.45, 2.75) is 20.4 Å². The maximum absolute atomic E-state index is 12.1. The third-order valence-electron chi connectivity index (χ3n) is 4.24. The van der Waals surface area contributed by atoms with Crippen LogP contribution in [0.3, 0.4) is 0 Å². The van der Waals surface area contributed by atoms with Gasteiger partial charge in [-0.2, -0.15) is 0 Å². The first-order chi connectivity index (χ1) is 13.0. The number of methoxy groups -OCH3 is 1. The van der Waals surface area contributed by atoms with Crippen LogP contribution in [0, 0.1) is 13.8 Å². The first-order valence-electron chi connectivity index (χ1n) is 8.33. The van der Waals surface area contributed by atoms with Gasteiger partial charge >= 0.3 is 0 Å². The highest BCUT2D eigenvalue weighted by molar-refractivity contribution is 7.13. The first kappa shape index (κ1) is 18.8. The molecule has 8 heteroatoms. The fourth-order valence-electron chi connectivity index (χ4n) is 2.65. The number of amides is 1. The molecule has 2 N–H and O–H groups in total. The largest absolute Gasteiger partial charge is 0.497 e. The summed E-state index contributed by atoms with van der Waals surface area (Å²) in [5.74, 6) is 1.05. The Hall–Kier alpha value is -3.00. The number of thiazole rings is 1. The Labute approximate surface area is 161 Å². The van der Waals surface area contributed by atoms with Gasteiger partial charge in [-0.1, -0.05) is 12.1 Å². The van der Waals surface area contributed by atoms with Crippen molar-refractivity contribution in [3.8, 4) is 17.5 Å². The Morgan fingerprint density at radius 2 is 2.00 bits per heavy atom. The van der Waals surface area contributed by atoms with Gasteiger partial charge in [0, 0.05) is 22.7 Å². The number of rotatable bonds is 7. The van der Waals surface area contributed by atoms with Gasteiger partial charge in [0.1, 0.15) is 5.75 Å². The lowest BCUT2D eigenvalue weighted by Crippen LogP contribution is -2.21. The van der Waals surface area contributed by atoms with E-state index >= 15 is 0 Å². The molecule has 0 saturated heterocycles. The number of carbonyl (C=O) groups excluding carboxylic acids is 1. The second kappa shape index (κ2) is 8.13. The molecule has 0 bridgehead atoms. The Morgan fingerprint density at radius 1 is 1.26 bits per heavy atom. The van der Waals surface area contributed by atoms with Crippen molar-refractivity contribution < 1.29 is 19.4 Å². The maximum Gasteiger partial charge on any atom is 0.264 e. The SMILES string of the molecule is COc1ccc(Cn2c(O)c(C)c(C)c2OCC(=O)Nc2nccs2)cc1. The molecule has 2 heterocycles. The molecule has 1 aromatic carbocycles. The molecular formula is C19H21N3O4S. The summed E-state index contributed by atoms with van der Waals surface area (Å²) in [5, 5.41) is 15.5. The minimum atomic E-state index is -0.307. The average molecular weight is 387 g/mol. The highest BCUT2D eigenvalue weighted by Crippen LogP contribution is 2.34. The molecule has 0 spiro atoms. The Balaban J connectivity index is 1.75. The highest BCUT2D eigenvalue weighted by Gasteiger charge is 2.19. The summed E-state index contributed by atoms with van der Waals surface area (Å²) in [5.41, 5.74) is 2.49. The van der Waals surface area contributed by atoms with Crippen LogP contribution >= 0.6 is 11.3 Å². The molecule has 0 saturated carbocycles. The van der Waals surface area contributed by atoms with Crippen LogP contribution in [0.25, 0.3) is 0 Å². The topological polar surface area (TPSA) is 85.6 Å². The van der Waals surface area contributed by atoms with Crippen LogP contribution in [0.5, 0.6) is 17.5 Å². The van der Waals surface area contributed by atoms with E-state index in [1.54, 1.807) is 23.3 Å². The lowest BCUT2D eigenvalue weighted by Gasteiger charge is -2.13. The van der Waals surface area contributed by atoms with E-state index in [0.29, 0.717) is 17.6 Å². The van der Waals surface area contributed by atoms with E-state index in [-0.39, 0.29) is 18.4 Å². The van der Waals surface area contributed by atoms with Gasteiger partial charge in [0.2, 0.25) is 0 Å². The number of carbonyl (C=O) groups is 1. The monoisotopic (exact) mass is 387 g/mol. The fraction of sp³-hybridized carbons (Fsp3) is 0.263. The van der Waals surface area contributed by atoms with Gasteiger partial charge in [0.15, 0.2) is 23.5 Å². The standard InChI is InChI=1S/C19H21N3O4S/c1-12-13(2)18(26-11-16(23)21-19-20-8-9-27-19)22(17(12)24)10-14-4-6-15(25-3)7-5-14/h4-9,24H,10-11H2,1-3H3,(H,20,21,23). The molecule has 0 aliphatic rings. The van der Waals surface area contributed by atoms with Crippen LogP contribution in [-0.2, 0) is 11.3 Å². The number of nitrogens with one attached hydrogen (secondary N) is 1. The average Bonchev–Trinajstić information content (AvgIpc) is 3.25. The molecule has 0 atom stereocenters. The van der Waals surface area contributed by atoms with E-state index in [9.17, 15) is 9.90 Å². The Kier molecular flexibility index (Phi) is 5.66. The van der Waals surface area contributed by atoms with Crippen LogP contribution in [0.4, 0.5) is 5.13 Å². The van der Waals surface area contributed by atoms with E-state index in [0.717, 1.165) is 22.4 Å². The van der Waals surface area contributed by atoms with Crippen molar-refractivity contribution >= 4 is 22.4 Å². The third kappa shape index (κ3) is 4.22. The number of ether oxygens (including phenoxy) is 2. The van der Waals surface area contributed by atoms with Crippen LogP contribution in [0.15, 0.2) is 35.8 Å². The summed E-state index contributed by atoms with van der Waals surface area (Å²) >= 11 is 1.34. The molecule has 1 amide bonds. The van der Waals surface area contributed by atoms with Crippen LogP contribution in [-0.4, -0.2) is 34.3 Å². The second-order valence-electron chi connectivity index (χ2n) is 5.99. The van der Waals surface area contributed by atoms with Crippen molar-refractivity contribution in [3.63, 3.8) is 0 Å². The van der Waals surface area contributed by atoms with E-state index in [4.69, 9.17) is 9.47 Å². The molecule has 0 radical (unpaired) electrons. The van der Waals surface area contributed by atoms with E-state index < -0.39 is 0 Å². The first-order valence-corrected chi connectivity index (χ1v) is 9.21. The highest BCUT2D eigenvalue weighted by atomic mass is 32.1. The number of hydrogen-bond acceptors (Lipinski definition) is 6. The zero-order valence-electron chi connectivity index (χ0n) is 15.4. The number of nitrogens with zero attached hydrogens (tertiary/aromatic N) is 2. The van der Waals surface area contributed by atoms with Crippen LogP contribution in [0.2, 0.25) is 0 Å². The second-order valence-corrected chi connectivity index (χ2v) is 6.88. The van der Waals surface area contributed by atoms with Gasteiger partial charge in [0.05, 0.1) is 13.7 Å². The summed E-state index contributed by atoms with van der Waals surface area (Å²) in [6, 6.07) is 7.55. The summed E-state index contributed by atoms with van der Waals surface area (Å²) in [6.45, 7) is 3.91. The molecule has 7 nitrogen and oxygen atoms in total. The molecule has 3 rings (SSSR count). The van der Waals surface area contributed by atoms with Crippen molar-refractivity contribution in [2.24, 2.45) is 0 Å². The van der Waals surface area contributed by atoms with Gasteiger partial charge in [0.25, 0.3) is 5.91 Å². The molecule has 2 aromatic heterocycles. The van der Waals surface area contributed by atoms with E-state index in [1.807, 2.05) is 38.1 Å². The van der Waals surface area contributed by atoms with Crippen LogP contribution in [0.1, 0.15) is 16.7 Å². The quantitative estimate of drug-likeness (QED) is 0.649. The molecule has 142 valence electrons. The fourth-order valence-corrected chi connectivity index (χ4v) is 3.20. The van der Waals surface area contributed by atoms with Gasteiger partial charge < -0.3 is 14.6 Å². The predicted molar refractivity (Wildman–Crippen MR) is 104 cm³/mol. The van der Waals surface area contributed by atoms with Gasteiger partial charge in [-0.15, -0.1) is 11.3 Å². The Morgan fingerprint density at radius 3 is 2.63 bits per heavy atom. The zero-order chi connectivity index (χ0) is 19.4. The van der Waals surface area contributed by atoms with E-state index in [1.165, 1.54) is 11.3 Å². The number of hydrogen-bond donors (Lipinski definition) is 2. The molecule has 0 fully saturated rings. The van der Waals surface area contributed by atoms with E-state index in [2.05, 4.69) is 10.3 Å². The lowest BCUT2D eigenvalue weighted by atomic mass is 10.2. The van der Waals surface area contributed by atoms with Crippen molar-refractivity contribution in [2.75, 3.05) is 19.0 Å². The lowest BCUT2D eigenvalue weighted by molar-refractivity contribution is -0.118. The summed E-state index contributed by atoms with van der Waals surface area (Å²) < 4.78 is 12.6. The third-order valence-corrected chi connectivity index (χ3v) is 4.93. The van der Waals surface area contributed by atoms with Crippen molar-refractivity contribution in [1.82, 2.24) is 9.55 Å². The Bertz CT molecular complexity index is 918. The maximum atomic E-state index is 12.1. The summed E-state index contributed by atoms with van der Waals surface area (Å²) in [4.78, 5) is 16.1. The van der Waals surface area contributed by atoms with Gasteiger partial charge in [-0.25, -0.2) is 4.98 Å². The normalized spacial score (nSPS) is 10.6. The number of aromatic nitrogens is 2. The minimum absolute atomic E-state index is 0.124. The molecular weight excluding hydrogens is 366 g/mol. The smallest absolute Gasteiger partial charge is 0.264 e. The number of anilines is 1. The number of aromatic hydroxyl groups is 1. The number of benzene rings is 1. The minimum Gasteiger partial charge on any atom is -0.497 e. The molecule has 27 heavy (non-hydrogen) atoms. The van der Waals surface area contributed by atoms with Gasteiger partial charge in [-0.3, -0.25) is 14.7 Å². The van der Waals surface area contributed by atoms with Crippen molar-refractivity contribution in [3.05, 3.63) is 52.5 Å². The zero-order valence-corrected chi connectivity index (χ0v) is 16.2. The molecule has 0 unspecified atom stereocenters. The molecule has 3 aromatic rings. The van der Waals surface area contributed by atoms with Crippen LogP contribution < -0.4 is 14.8 Å². The molecule has 0 aliphatic carbocycles.